The van der Waals surface area contributed by atoms with Gasteiger partial charge >= 0.3 is 23.9 Å². The zero-order valence-corrected chi connectivity index (χ0v) is 20.9. The number of carboxylic acid groups (broad SMARTS) is 2. The predicted octanol–water partition coefficient (Wildman–Crippen LogP) is -0.523. The van der Waals surface area contributed by atoms with Gasteiger partial charge in [-0.1, -0.05) is 0 Å². The van der Waals surface area contributed by atoms with Gasteiger partial charge in [0.25, 0.3) is 0 Å². The molecule has 0 aromatic carbocycles. The monoisotopic (exact) mass is 540 g/mol. The summed E-state index contributed by atoms with van der Waals surface area (Å²) in [6.07, 6.45) is -2.69. The number of cyclic esters (lactones) is 2. The first kappa shape index (κ1) is 29.3. The van der Waals surface area contributed by atoms with Crippen LogP contribution in [0.5, 0.6) is 0 Å². The van der Waals surface area contributed by atoms with Crippen molar-refractivity contribution in [2.75, 3.05) is 23.0 Å². The first-order valence-electron chi connectivity index (χ1n) is 11.2. The highest BCUT2D eigenvalue weighted by Crippen LogP contribution is 2.31. The number of carbonyl (C=O) groups is 4. The number of carbonyl (C=O) groups excluding carboxylic acids is 2. The van der Waals surface area contributed by atoms with Crippen molar-refractivity contribution < 1.29 is 57.5 Å². The molecule has 0 aromatic heterocycles. The molecule has 6 atom stereocenters. The third kappa shape index (κ3) is 10.7. The average Bonchev–Trinajstić information content (AvgIpc) is 2.67. The summed E-state index contributed by atoms with van der Waals surface area (Å²) in [4.78, 5) is 45.2. The van der Waals surface area contributed by atoms with Crippen LogP contribution in [0.4, 0.5) is 0 Å². The molecule has 2 heterocycles. The van der Waals surface area contributed by atoms with Gasteiger partial charge in [-0.05, 0) is 19.3 Å². The van der Waals surface area contributed by atoms with Gasteiger partial charge in [0.05, 0.1) is 36.9 Å². The summed E-state index contributed by atoms with van der Waals surface area (Å²) >= 11 is 0. The van der Waals surface area contributed by atoms with Gasteiger partial charge in [-0.3, -0.25) is 27.6 Å². The number of hydrogen-bond acceptors (Lipinski definition) is 10. The molecule has 0 spiro atoms. The van der Waals surface area contributed by atoms with E-state index in [4.69, 9.17) is 19.7 Å². The Labute approximate surface area is 207 Å². The van der Waals surface area contributed by atoms with Crippen LogP contribution in [0.2, 0.25) is 0 Å². The second-order valence-electron chi connectivity index (χ2n) is 9.20. The van der Waals surface area contributed by atoms with Crippen molar-refractivity contribution in [1.82, 2.24) is 0 Å². The number of aliphatic carboxylic acids is 2. The summed E-state index contributed by atoms with van der Waals surface area (Å²) in [6, 6.07) is 0. The van der Waals surface area contributed by atoms with Crippen molar-refractivity contribution in [3.05, 3.63) is 0 Å². The van der Waals surface area contributed by atoms with E-state index in [0.717, 1.165) is 0 Å². The zero-order valence-electron chi connectivity index (χ0n) is 19.2. The van der Waals surface area contributed by atoms with Crippen molar-refractivity contribution in [3.63, 3.8) is 0 Å². The highest BCUT2D eigenvalue weighted by molar-refractivity contribution is 7.85. The standard InChI is InChI=1S/C21H32O12S2/c22-16(23)10-20(28)8-14(32-18(26)12-20)2-6-34(30)4-1-5-35(31)7-3-15-9-21(29,11-17(24)25)13-19(27)33-15/h14-15,28-29H,1-13H2,(H,22,23)(H,24,25). The molecule has 2 fully saturated rings. The lowest BCUT2D eigenvalue weighted by atomic mass is 9.86. The second kappa shape index (κ2) is 12.9. The van der Waals surface area contributed by atoms with E-state index in [9.17, 15) is 37.8 Å². The summed E-state index contributed by atoms with van der Waals surface area (Å²) in [5.41, 5.74) is -3.36. The molecule has 0 saturated carbocycles. The normalized spacial score (nSPS) is 30.7. The van der Waals surface area contributed by atoms with E-state index >= 15 is 0 Å². The van der Waals surface area contributed by atoms with Crippen LogP contribution in [0.15, 0.2) is 0 Å². The number of aliphatic hydroxyl groups is 2. The number of carboxylic acids is 2. The van der Waals surface area contributed by atoms with Crippen molar-refractivity contribution >= 4 is 45.5 Å². The molecule has 6 unspecified atom stereocenters. The molecule has 0 aromatic rings. The van der Waals surface area contributed by atoms with Crippen LogP contribution in [0, 0.1) is 0 Å². The molecular formula is C21H32O12S2. The van der Waals surface area contributed by atoms with Crippen molar-refractivity contribution in [2.24, 2.45) is 0 Å². The van der Waals surface area contributed by atoms with Crippen LogP contribution in [0.25, 0.3) is 0 Å². The third-order valence-corrected chi connectivity index (χ3v) is 8.67. The minimum atomic E-state index is -1.68. The van der Waals surface area contributed by atoms with Crippen LogP contribution in [0.3, 0.4) is 0 Å². The van der Waals surface area contributed by atoms with E-state index in [1.54, 1.807) is 0 Å². The molecule has 0 radical (unpaired) electrons. The summed E-state index contributed by atoms with van der Waals surface area (Å²) < 4.78 is 34.8. The topological polar surface area (TPSA) is 202 Å². The van der Waals surface area contributed by atoms with Crippen LogP contribution < -0.4 is 0 Å². The smallest absolute Gasteiger partial charge is 0.309 e. The van der Waals surface area contributed by atoms with Crippen molar-refractivity contribution in [3.8, 4) is 0 Å². The predicted molar refractivity (Wildman–Crippen MR) is 122 cm³/mol. The second-order valence-corrected chi connectivity index (χ2v) is 12.6. The maximum atomic E-state index is 12.3. The van der Waals surface area contributed by atoms with E-state index in [1.165, 1.54) is 0 Å². The fourth-order valence-electron chi connectivity index (χ4n) is 4.33. The molecule has 35 heavy (non-hydrogen) atoms. The van der Waals surface area contributed by atoms with Crippen LogP contribution in [-0.2, 0) is 50.3 Å². The molecule has 4 N–H and O–H groups in total. The fraction of sp³-hybridized carbons (Fsp3) is 0.810. The highest BCUT2D eigenvalue weighted by Gasteiger charge is 2.42. The molecule has 2 rings (SSSR count). The summed E-state index contributed by atoms with van der Waals surface area (Å²) in [5.74, 6) is -3.00. The third-order valence-electron chi connectivity index (χ3n) is 5.80. The Morgan fingerprint density at radius 3 is 1.49 bits per heavy atom. The average molecular weight is 541 g/mol. The van der Waals surface area contributed by atoms with Crippen LogP contribution in [-0.4, -0.2) is 99.1 Å². The molecule has 2 saturated heterocycles. The Hall–Kier alpha value is -1.90. The van der Waals surface area contributed by atoms with Gasteiger partial charge in [-0.2, -0.15) is 0 Å². The molecule has 14 heteroatoms. The van der Waals surface area contributed by atoms with E-state index in [0.29, 0.717) is 6.42 Å². The minimum absolute atomic E-state index is 0.0421. The van der Waals surface area contributed by atoms with Crippen molar-refractivity contribution in [2.45, 2.75) is 81.2 Å². The number of rotatable bonds is 14. The Morgan fingerprint density at radius 1 is 0.771 bits per heavy atom. The van der Waals surface area contributed by atoms with Gasteiger partial charge in [0, 0.05) is 57.5 Å². The van der Waals surface area contributed by atoms with Crippen LogP contribution in [0.1, 0.15) is 57.8 Å². The van der Waals surface area contributed by atoms with E-state index in [2.05, 4.69) is 0 Å². The van der Waals surface area contributed by atoms with E-state index < -0.39 is 94.6 Å². The maximum absolute atomic E-state index is 12.3. The lowest BCUT2D eigenvalue weighted by Crippen LogP contribution is -2.45. The summed E-state index contributed by atoms with van der Waals surface area (Å²) in [5, 5.41) is 38.4. The van der Waals surface area contributed by atoms with Gasteiger partial charge < -0.3 is 29.9 Å². The first-order chi connectivity index (χ1) is 16.3. The summed E-state index contributed by atoms with van der Waals surface area (Å²) in [7, 11) is -2.59. The molecular weight excluding hydrogens is 508 g/mol. The first-order valence-corrected chi connectivity index (χ1v) is 14.2. The van der Waals surface area contributed by atoms with Gasteiger partial charge in [0.2, 0.25) is 0 Å². The molecule has 12 nitrogen and oxygen atoms in total. The van der Waals surface area contributed by atoms with Gasteiger partial charge in [-0.15, -0.1) is 0 Å². The van der Waals surface area contributed by atoms with Crippen molar-refractivity contribution in [1.29, 1.82) is 0 Å². The largest absolute Gasteiger partial charge is 0.481 e. The molecule has 0 bridgehead atoms. The number of hydrogen-bond donors (Lipinski definition) is 4. The number of esters is 2. The Balaban J connectivity index is 1.67. The number of ether oxygens (including phenoxy) is 2. The molecule has 0 amide bonds. The minimum Gasteiger partial charge on any atom is -0.481 e. The van der Waals surface area contributed by atoms with Gasteiger partial charge in [-0.25, -0.2) is 0 Å². The Bertz CT molecular complexity index is 785. The highest BCUT2D eigenvalue weighted by atomic mass is 32.2. The summed E-state index contributed by atoms with van der Waals surface area (Å²) in [6.45, 7) is 0. The van der Waals surface area contributed by atoms with Crippen LogP contribution >= 0.6 is 0 Å². The fourth-order valence-corrected chi connectivity index (χ4v) is 6.91. The maximum Gasteiger partial charge on any atom is 0.309 e. The molecule has 0 aliphatic carbocycles. The molecule has 200 valence electrons. The molecule has 2 aliphatic rings. The zero-order chi connectivity index (χ0) is 26.2. The van der Waals surface area contributed by atoms with E-state index in [-0.39, 0.29) is 48.7 Å². The van der Waals surface area contributed by atoms with Gasteiger partial charge in [0.1, 0.15) is 12.2 Å². The van der Waals surface area contributed by atoms with E-state index in [1.807, 2.05) is 0 Å². The lowest BCUT2D eigenvalue weighted by molar-refractivity contribution is -0.175. The SMILES string of the molecule is O=C(O)CC1(O)CC(=O)OC(CCS(=O)CCCS(=O)CCC2CC(O)(CC(=O)O)CC(=O)O2)C1. The Kier molecular flexibility index (Phi) is 10.8. The quantitative estimate of drug-likeness (QED) is 0.206. The molecule has 2 aliphatic heterocycles. The van der Waals surface area contributed by atoms with Gasteiger partial charge in [0.15, 0.2) is 0 Å². The lowest BCUT2D eigenvalue weighted by Gasteiger charge is -2.35. The Morgan fingerprint density at radius 2 is 1.14 bits per heavy atom.